The van der Waals surface area contributed by atoms with E-state index in [0.29, 0.717) is 12.2 Å². The first-order valence-electron chi connectivity index (χ1n) is 7.69. The van der Waals surface area contributed by atoms with Crippen molar-refractivity contribution in [2.75, 3.05) is 6.61 Å². The molecule has 1 unspecified atom stereocenters. The van der Waals surface area contributed by atoms with Gasteiger partial charge in [-0.15, -0.1) is 0 Å². The van der Waals surface area contributed by atoms with Crippen molar-refractivity contribution >= 4 is 17.8 Å². The summed E-state index contributed by atoms with van der Waals surface area (Å²) in [4.78, 5) is 24.4. The summed E-state index contributed by atoms with van der Waals surface area (Å²) in [6.07, 6.45) is 3.69. The van der Waals surface area contributed by atoms with Crippen LogP contribution in [0.1, 0.15) is 29.3 Å². The molecule has 2 aromatic rings. The summed E-state index contributed by atoms with van der Waals surface area (Å²) < 4.78 is 5.09. The number of carbonyl (C=O) groups excluding carboxylic acids is 2. The van der Waals surface area contributed by atoms with E-state index in [1.165, 1.54) is 0 Å². The Morgan fingerprint density at radius 1 is 1.00 bits per heavy atom. The van der Waals surface area contributed by atoms with Crippen LogP contribution in [-0.2, 0) is 9.53 Å². The van der Waals surface area contributed by atoms with Crippen molar-refractivity contribution < 1.29 is 14.3 Å². The van der Waals surface area contributed by atoms with Crippen molar-refractivity contribution in [2.24, 2.45) is 5.92 Å². The third-order valence-electron chi connectivity index (χ3n) is 3.41. The van der Waals surface area contributed by atoms with E-state index >= 15 is 0 Å². The van der Waals surface area contributed by atoms with E-state index in [1.54, 1.807) is 25.1 Å². The first-order chi connectivity index (χ1) is 11.2. The van der Waals surface area contributed by atoms with Gasteiger partial charge in [0.15, 0.2) is 5.78 Å². The van der Waals surface area contributed by atoms with E-state index in [2.05, 4.69) is 0 Å². The van der Waals surface area contributed by atoms with E-state index in [4.69, 9.17) is 4.74 Å². The first-order valence-corrected chi connectivity index (χ1v) is 7.69. The van der Waals surface area contributed by atoms with Gasteiger partial charge < -0.3 is 4.74 Å². The standard InChI is InChI=1S/C20H20O3/c1-2-23-20(22)18(14-13-16-9-5-3-6-10-16)15-19(21)17-11-7-4-8-12-17/h3-14,18H,2,15H2,1H3/b14-13+. The maximum absolute atomic E-state index is 12.3. The number of ether oxygens (including phenoxy) is 1. The average Bonchev–Trinajstić information content (AvgIpc) is 2.60. The van der Waals surface area contributed by atoms with E-state index in [9.17, 15) is 9.59 Å². The maximum Gasteiger partial charge on any atom is 0.313 e. The number of carbonyl (C=O) groups is 2. The van der Waals surface area contributed by atoms with Crippen LogP contribution in [0.25, 0.3) is 6.08 Å². The molecule has 1 atom stereocenters. The monoisotopic (exact) mass is 308 g/mol. The van der Waals surface area contributed by atoms with Crippen LogP contribution < -0.4 is 0 Å². The van der Waals surface area contributed by atoms with Crippen LogP contribution >= 0.6 is 0 Å². The molecule has 2 rings (SSSR count). The number of rotatable bonds is 7. The second kappa shape index (κ2) is 8.69. The number of Topliss-reactive ketones (excluding diaryl/α,β-unsaturated/α-hetero) is 1. The molecule has 3 heteroatoms. The van der Waals surface area contributed by atoms with Crippen molar-refractivity contribution in [1.82, 2.24) is 0 Å². The Hall–Kier alpha value is -2.68. The fraction of sp³-hybridized carbons (Fsp3) is 0.200. The van der Waals surface area contributed by atoms with Gasteiger partial charge in [0, 0.05) is 12.0 Å². The Labute approximate surface area is 136 Å². The molecule has 118 valence electrons. The van der Waals surface area contributed by atoms with Crippen LogP contribution in [0.15, 0.2) is 66.7 Å². The van der Waals surface area contributed by atoms with Crippen LogP contribution in [0.4, 0.5) is 0 Å². The molecule has 0 spiro atoms. The molecule has 0 heterocycles. The lowest BCUT2D eigenvalue weighted by Crippen LogP contribution is -2.19. The number of ketones is 1. The zero-order valence-corrected chi connectivity index (χ0v) is 13.1. The molecular weight excluding hydrogens is 288 g/mol. The van der Waals surface area contributed by atoms with Gasteiger partial charge in [-0.2, -0.15) is 0 Å². The Kier molecular flexibility index (Phi) is 6.30. The molecule has 0 amide bonds. The predicted octanol–water partition coefficient (Wildman–Crippen LogP) is 4.15. The number of hydrogen-bond donors (Lipinski definition) is 0. The van der Waals surface area contributed by atoms with Crippen LogP contribution in [-0.4, -0.2) is 18.4 Å². The minimum Gasteiger partial charge on any atom is -0.466 e. The van der Waals surface area contributed by atoms with Crippen molar-refractivity contribution in [3.8, 4) is 0 Å². The average molecular weight is 308 g/mol. The minimum absolute atomic E-state index is 0.0682. The summed E-state index contributed by atoms with van der Waals surface area (Å²) in [6, 6.07) is 18.7. The Morgan fingerprint density at radius 2 is 1.61 bits per heavy atom. The third-order valence-corrected chi connectivity index (χ3v) is 3.41. The van der Waals surface area contributed by atoms with Crippen LogP contribution in [0.3, 0.4) is 0 Å². The van der Waals surface area contributed by atoms with Gasteiger partial charge in [0.25, 0.3) is 0 Å². The van der Waals surface area contributed by atoms with Gasteiger partial charge in [-0.1, -0.05) is 72.8 Å². The molecule has 0 aliphatic rings. The topological polar surface area (TPSA) is 43.4 Å². The molecule has 0 aliphatic heterocycles. The smallest absolute Gasteiger partial charge is 0.313 e. The summed E-state index contributed by atoms with van der Waals surface area (Å²) in [6.45, 7) is 2.06. The fourth-order valence-electron chi connectivity index (χ4n) is 2.21. The first kappa shape index (κ1) is 16.7. The summed E-state index contributed by atoms with van der Waals surface area (Å²) in [5, 5.41) is 0. The highest BCUT2D eigenvalue weighted by atomic mass is 16.5. The molecule has 0 aliphatic carbocycles. The van der Waals surface area contributed by atoms with Gasteiger partial charge in [-0.25, -0.2) is 0 Å². The molecule has 0 saturated carbocycles. The quantitative estimate of drug-likeness (QED) is 0.570. The summed E-state index contributed by atoms with van der Waals surface area (Å²) in [5.41, 5.74) is 1.59. The van der Waals surface area contributed by atoms with Crippen molar-refractivity contribution in [3.05, 3.63) is 77.9 Å². The lowest BCUT2D eigenvalue weighted by molar-refractivity contribution is -0.146. The molecule has 0 radical (unpaired) electrons. The number of benzene rings is 2. The van der Waals surface area contributed by atoms with Crippen molar-refractivity contribution in [2.45, 2.75) is 13.3 Å². The summed E-state index contributed by atoms with van der Waals surface area (Å²) >= 11 is 0. The molecule has 0 fully saturated rings. The highest BCUT2D eigenvalue weighted by molar-refractivity contribution is 5.98. The molecular formula is C20H20O3. The SMILES string of the molecule is CCOC(=O)C(/C=C/c1ccccc1)CC(=O)c1ccccc1. The normalized spacial score (nSPS) is 12.0. The van der Waals surface area contributed by atoms with Gasteiger partial charge in [-0.3, -0.25) is 9.59 Å². The van der Waals surface area contributed by atoms with Gasteiger partial charge in [0.2, 0.25) is 0 Å². The minimum atomic E-state index is -0.581. The van der Waals surface area contributed by atoms with E-state index in [-0.39, 0.29) is 18.2 Å². The van der Waals surface area contributed by atoms with Crippen LogP contribution in [0, 0.1) is 5.92 Å². The van der Waals surface area contributed by atoms with Gasteiger partial charge in [0.05, 0.1) is 12.5 Å². The number of esters is 1. The second-order valence-electron chi connectivity index (χ2n) is 5.12. The van der Waals surface area contributed by atoms with Crippen molar-refractivity contribution in [3.63, 3.8) is 0 Å². The summed E-state index contributed by atoms with van der Waals surface area (Å²) in [5.74, 6) is -1.02. The summed E-state index contributed by atoms with van der Waals surface area (Å²) in [7, 11) is 0. The molecule has 0 bridgehead atoms. The predicted molar refractivity (Wildman–Crippen MR) is 91.0 cm³/mol. The van der Waals surface area contributed by atoms with E-state index in [0.717, 1.165) is 5.56 Å². The molecule has 0 saturated heterocycles. The lowest BCUT2D eigenvalue weighted by atomic mass is 9.97. The second-order valence-corrected chi connectivity index (χ2v) is 5.12. The highest BCUT2D eigenvalue weighted by Gasteiger charge is 2.21. The van der Waals surface area contributed by atoms with Gasteiger partial charge in [0.1, 0.15) is 0 Å². The molecule has 2 aromatic carbocycles. The Bertz CT molecular complexity index is 660. The third kappa shape index (κ3) is 5.22. The van der Waals surface area contributed by atoms with Crippen molar-refractivity contribution in [1.29, 1.82) is 0 Å². The lowest BCUT2D eigenvalue weighted by Gasteiger charge is -2.11. The fourth-order valence-corrected chi connectivity index (χ4v) is 2.21. The highest BCUT2D eigenvalue weighted by Crippen LogP contribution is 2.15. The molecule has 0 aromatic heterocycles. The maximum atomic E-state index is 12.3. The zero-order valence-electron chi connectivity index (χ0n) is 13.1. The Balaban J connectivity index is 2.12. The largest absolute Gasteiger partial charge is 0.466 e. The molecule has 0 N–H and O–H groups in total. The number of hydrogen-bond acceptors (Lipinski definition) is 3. The van der Waals surface area contributed by atoms with Crippen LogP contribution in [0.5, 0.6) is 0 Å². The molecule has 3 nitrogen and oxygen atoms in total. The van der Waals surface area contributed by atoms with Gasteiger partial charge >= 0.3 is 5.97 Å². The van der Waals surface area contributed by atoms with Crippen LogP contribution in [0.2, 0.25) is 0 Å². The van der Waals surface area contributed by atoms with E-state index in [1.807, 2.05) is 54.6 Å². The Morgan fingerprint density at radius 3 is 2.22 bits per heavy atom. The molecule has 23 heavy (non-hydrogen) atoms. The zero-order chi connectivity index (χ0) is 16.5. The van der Waals surface area contributed by atoms with Gasteiger partial charge in [-0.05, 0) is 12.5 Å². The van der Waals surface area contributed by atoms with E-state index < -0.39 is 5.92 Å².